The topological polar surface area (TPSA) is 0 Å². The van der Waals surface area contributed by atoms with Crippen molar-refractivity contribution in [3.05, 3.63) is 0 Å². The minimum atomic E-state index is 0. The van der Waals surface area contributed by atoms with Gasteiger partial charge in [-0.2, -0.15) is 0 Å². The summed E-state index contributed by atoms with van der Waals surface area (Å²) >= 11 is 0. The number of hydrogen-bond donors (Lipinski definition) is 0. The van der Waals surface area contributed by atoms with Gasteiger partial charge in [0.1, 0.15) is 0 Å². The fourth-order valence-electron chi connectivity index (χ4n) is 0. The Morgan fingerprint density at radius 3 is 0.500 bits per heavy atom. The van der Waals surface area contributed by atoms with Gasteiger partial charge < -0.3 is 0 Å². The summed E-state index contributed by atoms with van der Waals surface area (Å²) in [6.45, 7) is 0. The smallest absolute Gasteiger partial charge is 0 e. The van der Waals surface area contributed by atoms with Crippen LogP contribution >= 0.6 is 0 Å². The number of hydrogen-bond acceptors (Lipinski definition) is 0. The third-order valence-electron chi connectivity index (χ3n) is 0. The van der Waals surface area contributed by atoms with Gasteiger partial charge in [0.2, 0.25) is 0 Å². The Morgan fingerprint density at radius 2 is 0.500 bits per heavy atom. The first-order valence-corrected chi connectivity index (χ1v) is 0. The molecule has 0 spiro atoms. The third-order valence-corrected chi connectivity index (χ3v) is 0. The van der Waals surface area contributed by atoms with Crippen LogP contribution in [0.3, 0.4) is 0 Å². The van der Waals surface area contributed by atoms with E-state index in [0.29, 0.717) is 0 Å². The minimum absolute atomic E-state index is 0. The van der Waals surface area contributed by atoms with E-state index in [2.05, 4.69) is 0 Å². The van der Waals surface area contributed by atoms with Crippen molar-refractivity contribution in [2.45, 2.75) is 0 Å². The third kappa shape index (κ3) is 9.12. The summed E-state index contributed by atoms with van der Waals surface area (Å²) in [6.07, 6.45) is 0. The molecule has 21 valence electrons. The zero-order valence-electron chi connectivity index (χ0n) is 1.80. The molecule has 0 aliphatic rings. The summed E-state index contributed by atoms with van der Waals surface area (Å²) in [5.41, 5.74) is 0. The molecule has 0 aromatic heterocycles. The molecule has 0 unspecified atom stereocenters. The van der Waals surface area contributed by atoms with Gasteiger partial charge >= 0.3 is 0 Å². The van der Waals surface area contributed by atoms with Crippen molar-refractivity contribution in [1.29, 1.82) is 0 Å². The maximum absolute atomic E-state index is 0. The molecule has 7 radical (unpaired) electrons. The van der Waals surface area contributed by atoms with Gasteiger partial charge in [-0.15, -0.1) is 0 Å². The van der Waals surface area contributed by atoms with Gasteiger partial charge in [0.25, 0.3) is 0 Å². The van der Waals surface area contributed by atoms with E-state index in [9.17, 15) is 0 Å². The quantitative estimate of drug-likeness (QED) is 0.354. The molecule has 0 aliphatic carbocycles. The second-order valence-corrected chi connectivity index (χ2v) is 0. The van der Waals surface area contributed by atoms with Crippen LogP contribution in [0.15, 0.2) is 0 Å². The van der Waals surface area contributed by atoms with Crippen molar-refractivity contribution in [2.75, 3.05) is 0 Å². The van der Waals surface area contributed by atoms with E-state index in [0.717, 1.165) is 0 Å². The first-order chi connectivity index (χ1) is 0. The van der Waals surface area contributed by atoms with Gasteiger partial charge in [-0.25, -0.2) is 0 Å². The summed E-state index contributed by atoms with van der Waals surface area (Å²) < 4.78 is 0. The van der Waals surface area contributed by atoms with Crippen LogP contribution in [0.1, 0.15) is 0 Å². The van der Waals surface area contributed by atoms with Crippen molar-refractivity contribution in [3.63, 3.8) is 0 Å². The molecular formula is LaTe3. The zero-order chi connectivity index (χ0) is 0. The molecule has 0 rings (SSSR count). The van der Waals surface area contributed by atoms with Gasteiger partial charge in [-0.3, -0.25) is 0 Å². The van der Waals surface area contributed by atoms with Gasteiger partial charge in [-0.1, -0.05) is 0 Å². The first kappa shape index (κ1) is 25.7. The SMILES string of the molecule is [La].[Te].[Te].[Te]. The predicted octanol–water partition coefficient (Wildman–Crippen LogP) is -1.14. The Balaban J connectivity index is 0. The molecule has 4 heavy (non-hydrogen) atoms. The maximum Gasteiger partial charge on any atom is 0 e. The van der Waals surface area contributed by atoms with E-state index >= 15 is 0 Å². The van der Waals surface area contributed by atoms with E-state index in [1.165, 1.54) is 0 Å². The molecule has 0 bridgehead atoms. The van der Waals surface area contributed by atoms with Gasteiger partial charge in [-0.05, 0) is 0 Å². The predicted molar refractivity (Wildman–Crippen MR) is 17.3 cm³/mol. The summed E-state index contributed by atoms with van der Waals surface area (Å²) in [4.78, 5) is 0. The summed E-state index contributed by atoms with van der Waals surface area (Å²) in [6, 6.07) is 0. The fraction of sp³-hybridized carbons (Fsp3) is 0. The molecule has 0 aliphatic heterocycles. The van der Waals surface area contributed by atoms with Crippen LogP contribution in [0.5, 0.6) is 0 Å². The van der Waals surface area contributed by atoms with Crippen molar-refractivity contribution < 1.29 is 35.6 Å². The van der Waals surface area contributed by atoms with E-state index in [1.807, 2.05) is 0 Å². The van der Waals surface area contributed by atoms with Crippen LogP contribution in [0.25, 0.3) is 0 Å². The summed E-state index contributed by atoms with van der Waals surface area (Å²) in [5.74, 6) is 0. The molecule has 0 N–H and O–H groups in total. The molecule has 0 aromatic carbocycles. The van der Waals surface area contributed by atoms with E-state index in [1.54, 1.807) is 0 Å². The van der Waals surface area contributed by atoms with Crippen LogP contribution in [-0.4, -0.2) is 71.0 Å². The average molecular weight is 522 g/mol. The Labute approximate surface area is 104 Å². The van der Waals surface area contributed by atoms with Crippen molar-refractivity contribution in [2.24, 2.45) is 0 Å². The van der Waals surface area contributed by atoms with E-state index in [4.69, 9.17) is 0 Å². The van der Waals surface area contributed by atoms with Crippen molar-refractivity contribution >= 4 is 71.0 Å². The molecule has 0 atom stereocenters. The van der Waals surface area contributed by atoms with Gasteiger partial charge in [0.15, 0.2) is 0 Å². The van der Waals surface area contributed by atoms with Gasteiger partial charge in [0.05, 0.1) is 0 Å². The molecule has 0 amide bonds. The van der Waals surface area contributed by atoms with Crippen LogP contribution in [0.4, 0.5) is 0 Å². The molecule has 0 saturated carbocycles. The first-order valence-electron chi connectivity index (χ1n) is 0. The Bertz CT molecular complexity index is 3.25. The largest absolute Gasteiger partial charge is 0 e. The Morgan fingerprint density at radius 1 is 0.500 bits per heavy atom. The standard InChI is InChI=1S/La.3Te. The molecule has 4 heteroatoms. The monoisotopic (exact) mass is 529 g/mol. The molecular weight excluding hydrogens is 522 g/mol. The zero-order valence-corrected chi connectivity index (χ0v) is 12.4. The van der Waals surface area contributed by atoms with Crippen LogP contribution < -0.4 is 0 Å². The normalized spacial score (nSPS) is 0. The van der Waals surface area contributed by atoms with Crippen molar-refractivity contribution in [3.8, 4) is 0 Å². The van der Waals surface area contributed by atoms with Gasteiger partial charge in [0, 0.05) is 107 Å². The molecule has 0 aromatic rings. The summed E-state index contributed by atoms with van der Waals surface area (Å²) in [5, 5.41) is 0. The second-order valence-electron chi connectivity index (χ2n) is 0. The maximum atomic E-state index is 0. The van der Waals surface area contributed by atoms with E-state index < -0.39 is 0 Å². The molecule has 0 heterocycles. The summed E-state index contributed by atoms with van der Waals surface area (Å²) in [7, 11) is 0. The second kappa shape index (κ2) is 16.0. The van der Waals surface area contributed by atoms with E-state index in [-0.39, 0.29) is 107 Å². The number of rotatable bonds is 0. The molecule has 0 nitrogen and oxygen atoms in total. The molecule has 0 saturated heterocycles. The van der Waals surface area contributed by atoms with Crippen LogP contribution in [0, 0.1) is 35.6 Å². The molecule has 0 fully saturated rings. The van der Waals surface area contributed by atoms with Crippen LogP contribution in [-0.2, 0) is 0 Å². The Kier molecular flexibility index (Phi) is 103. The van der Waals surface area contributed by atoms with Crippen LogP contribution in [0.2, 0.25) is 0 Å². The minimum Gasteiger partial charge on any atom is 0 e. The average Bonchev–Trinajstić information content (AvgIpc) is 0. The Hall–Kier alpha value is 3.56. The van der Waals surface area contributed by atoms with Crippen molar-refractivity contribution in [1.82, 2.24) is 0 Å². The fourth-order valence-corrected chi connectivity index (χ4v) is 0.